The molecule has 0 atom stereocenters. The second-order valence-corrected chi connectivity index (χ2v) is 8.26. The Morgan fingerprint density at radius 1 is 0.968 bits per heavy atom. The van der Waals surface area contributed by atoms with Crippen LogP contribution in [0.25, 0.3) is 0 Å². The average Bonchev–Trinajstić information content (AvgIpc) is 2.85. The van der Waals surface area contributed by atoms with Crippen molar-refractivity contribution in [3.05, 3.63) is 35.9 Å². The molecular weight excluding hydrogens is 384 g/mol. The molecule has 2 aliphatic rings. The van der Waals surface area contributed by atoms with E-state index in [4.69, 9.17) is 4.74 Å². The van der Waals surface area contributed by atoms with Crippen molar-refractivity contribution in [2.24, 2.45) is 5.92 Å². The van der Waals surface area contributed by atoms with Gasteiger partial charge in [0, 0.05) is 38.8 Å². The summed E-state index contributed by atoms with van der Waals surface area (Å²) in [6.07, 6.45) is 9.91. The van der Waals surface area contributed by atoms with E-state index in [0.29, 0.717) is 18.0 Å². The minimum Gasteiger partial charge on any atom is -0.381 e. The second-order valence-electron chi connectivity index (χ2n) is 8.26. The molecule has 0 radical (unpaired) electrons. The van der Waals surface area contributed by atoms with Crippen molar-refractivity contribution in [3.8, 4) is 0 Å². The first-order valence-electron chi connectivity index (χ1n) is 12.3. The molecule has 1 saturated heterocycles. The Hall–Kier alpha value is -1.39. The molecule has 0 spiro atoms. The number of nitrogens with zero attached hydrogens (tertiary/aromatic N) is 1. The first-order valence-corrected chi connectivity index (χ1v) is 12.3. The highest BCUT2D eigenvalue weighted by Crippen LogP contribution is 2.29. The summed E-state index contributed by atoms with van der Waals surface area (Å²) in [6, 6.07) is 10.9. The van der Waals surface area contributed by atoms with Gasteiger partial charge in [-0.2, -0.15) is 0 Å². The van der Waals surface area contributed by atoms with Gasteiger partial charge in [-0.1, -0.05) is 66.2 Å². The number of unbranched alkanes of at least 4 members (excludes halogenated alkanes) is 1. The van der Waals surface area contributed by atoms with Gasteiger partial charge in [0.25, 0.3) is 5.91 Å². The Labute approximate surface area is 194 Å². The molecule has 1 aromatic carbocycles. The molecule has 1 amide bonds. The van der Waals surface area contributed by atoms with E-state index in [9.17, 15) is 4.79 Å². The van der Waals surface area contributed by atoms with E-state index >= 15 is 0 Å². The van der Waals surface area contributed by atoms with Crippen LogP contribution in [0.15, 0.2) is 30.3 Å². The Morgan fingerprint density at radius 3 is 2.00 bits per heavy atom. The molecule has 1 saturated carbocycles. The van der Waals surface area contributed by atoms with E-state index in [1.54, 1.807) is 0 Å². The van der Waals surface area contributed by atoms with Crippen LogP contribution >= 0.6 is 0 Å². The maximum absolute atomic E-state index is 12.1. The summed E-state index contributed by atoms with van der Waals surface area (Å²) in [5, 5.41) is 3.11. The zero-order chi connectivity index (χ0) is 22.2. The van der Waals surface area contributed by atoms with Crippen LogP contribution in [0, 0.1) is 5.92 Å². The second kappa shape index (κ2) is 18.2. The number of carbonyl (C=O) groups is 1. The van der Waals surface area contributed by atoms with Crippen LogP contribution < -0.4 is 5.32 Å². The fourth-order valence-electron chi connectivity index (χ4n) is 4.08. The lowest BCUT2D eigenvalue weighted by molar-refractivity contribution is 0.0189. The third-order valence-electron chi connectivity index (χ3n) is 6.25. The van der Waals surface area contributed by atoms with Gasteiger partial charge in [0.1, 0.15) is 0 Å². The molecule has 1 aliphatic carbocycles. The van der Waals surface area contributed by atoms with Gasteiger partial charge in [0.2, 0.25) is 0 Å². The van der Waals surface area contributed by atoms with E-state index in [-0.39, 0.29) is 14.8 Å². The number of benzene rings is 1. The van der Waals surface area contributed by atoms with Gasteiger partial charge < -0.3 is 15.0 Å². The minimum absolute atomic E-state index is 0. The summed E-state index contributed by atoms with van der Waals surface area (Å²) in [5.41, 5.74) is 0.755. The molecule has 4 nitrogen and oxygen atoms in total. The van der Waals surface area contributed by atoms with Crippen LogP contribution in [0.5, 0.6) is 0 Å². The van der Waals surface area contributed by atoms with Crippen LogP contribution in [-0.2, 0) is 4.74 Å². The number of ether oxygens (including phenoxy) is 1. The third-order valence-corrected chi connectivity index (χ3v) is 6.25. The minimum atomic E-state index is 0. The third kappa shape index (κ3) is 11.2. The molecule has 31 heavy (non-hydrogen) atoms. The van der Waals surface area contributed by atoms with Crippen molar-refractivity contribution in [2.45, 2.75) is 98.6 Å². The summed E-state index contributed by atoms with van der Waals surface area (Å²) in [5.74, 6) is 0.675. The van der Waals surface area contributed by atoms with Gasteiger partial charge in [-0.3, -0.25) is 4.79 Å². The molecule has 1 aliphatic heterocycles. The predicted molar refractivity (Wildman–Crippen MR) is 137 cm³/mol. The number of rotatable bonds is 6. The van der Waals surface area contributed by atoms with Gasteiger partial charge in [-0.15, -0.1) is 0 Å². The number of carbonyl (C=O) groups excluding carboxylic acids is 1. The highest BCUT2D eigenvalue weighted by molar-refractivity contribution is 5.94. The van der Waals surface area contributed by atoms with Crippen molar-refractivity contribution in [2.75, 3.05) is 26.8 Å². The molecule has 2 fully saturated rings. The highest BCUT2D eigenvalue weighted by atomic mass is 16.5. The maximum Gasteiger partial charge on any atom is 0.251 e. The quantitative estimate of drug-likeness (QED) is 0.533. The number of nitrogens with one attached hydrogen (secondary N) is 1. The Bertz CT molecular complexity index is 540. The van der Waals surface area contributed by atoms with Crippen LogP contribution in [0.2, 0.25) is 0 Å². The molecule has 1 N–H and O–H groups in total. The first-order chi connectivity index (χ1) is 14.7. The van der Waals surface area contributed by atoms with Crippen LogP contribution in [0.4, 0.5) is 0 Å². The number of hydrogen-bond donors (Lipinski definition) is 1. The molecule has 0 bridgehead atoms. The molecule has 1 aromatic rings. The standard InChI is InChI=1S/C20H30N2O2.C4H10.C2H6.CH4.H2/c1-22(19-11-13-24-14-12-19)18-9-7-16(8-10-18)15-21-20(23)17-5-3-2-4-6-17;1-3-4-2;1-2;;/h2-6,16,18-19H,7-15H2,1H3,(H,21,23);3-4H2,1-2H3;1-2H3;1H4;1H. The Morgan fingerprint density at radius 2 is 1.48 bits per heavy atom. The predicted octanol–water partition coefficient (Wildman–Crippen LogP) is 6.80. The van der Waals surface area contributed by atoms with E-state index in [1.807, 2.05) is 44.2 Å². The summed E-state index contributed by atoms with van der Waals surface area (Å²) in [6.45, 7) is 11.0. The van der Waals surface area contributed by atoms with E-state index in [0.717, 1.165) is 25.3 Å². The van der Waals surface area contributed by atoms with Gasteiger partial charge in [0.15, 0.2) is 0 Å². The van der Waals surface area contributed by atoms with Gasteiger partial charge in [-0.25, -0.2) is 0 Å². The lowest BCUT2D eigenvalue weighted by Crippen LogP contribution is -2.45. The topological polar surface area (TPSA) is 41.6 Å². The lowest BCUT2D eigenvalue weighted by atomic mass is 9.84. The van der Waals surface area contributed by atoms with Crippen LogP contribution in [0.1, 0.15) is 98.3 Å². The Kier molecular flexibility index (Phi) is 17.4. The van der Waals surface area contributed by atoms with Gasteiger partial charge in [-0.05, 0) is 63.6 Å². The van der Waals surface area contributed by atoms with E-state index in [2.05, 4.69) is 31.1 Å². The van der Waals surface area contributed by atoms with Crippen LogP contribution in [-0.4, -0.2) is 49.7 Å². The lowest BCUT2D eigenvalue weighted by Gasteiger charge is -2.40. The maximum atomic E-state index is 12.1. The van der Waals surface area contributed by atoms with Crippen molar-refractivity contribution in [1.29, 1.82) is 0 Å². The zero-order valence-corrected chi connectivity index (χ0v) is 20.2. The van der Waals surface area contributed by atoms with Crippen molar-refractivity contribution in [1.82, 2.24) is 10.2 Å². The van der Waals surface area contributed by atoms with Crippen molar-refractivity contribution < 1.29 is 11.0 Å². The van der Waals surface area contributed by atoms with E-state index in [1.165, 1.54) is 51.4 Å². The zero-order valence-electron chi connectivity index (χ0n) is 20.2. The fraction of sp³-hybridized carbons (Fsp3) is 0.741. The molecular formula is C27H52N2O2. The van der Waals surface area contributed by atoms with Crippen molar-refractivity contribution >= 4 is 5.91 Å². The Balaban J connectivity index is 0. The summed E-state index contributed by atoms with van der Waals surface area (Å²) >= 11 is 0. The molecule has 182 valence electrons. The number of amides is 1. The van der Waals surface area contributed by atoms with Gasteiger partial charge in [0.05, 0.1) is 0 Å². The molecule has 3 rings (SSSR count). The molecule has 0 aromatic heterocycles. The van der Waals surface area contributed by atoms with Crippen LogP contribution in [0.3, 0.4) is 0 Å². The molecule has 0 unspecified atom stereocenters. The molecule has 1 heterocycles. The largest absolute Gasteiger partial charge is 0.381 e. The fourth-order valence-corrected chi connectivity index (χ4v) is 4.08. The van der Waals surface area contributed by atoms with Gasteiger partial charge >= 0.3 is 0 Å². The average molecular weight is 437 g/mol. The highest BCUT2D eigenvalue weighted by Gasteiger charge is 2.29. The smallest absolute Gasteiger partial charge is 0.251 e. The normalized spacial score (nSPS) is 21.0. The number of hydrogen-bond acceptors (Lipinski definition) is 3. The summed E-state index contributed by atoms with van der Waals surface area (Å²) < 4.78 is 5.48. The summed E-state index contributed by atoms with van der Waals surface area (Å²) in [7, 11) is 2.29. The first kappa shape index (κ1) is 29.6. The van der Waals surface area contributed by atoms with E-state index < -0.39 is 0 Å². The SMILES string of the molecule is C.CC.CCCC.CN(C1CCOCC1)C1CCC(CNC(=O)c2ccccc2)CC1.[HH]. The summed E-state index contributed by atoms with van der Waals surface area (Å²) in [4.78, 5) is 14.7. The molecule has 4 heteroatoms. The van der Waals surface area contributed by atoms with Crippen molar-refractivity contribution in [3.63, 3.8) is 0 Å². The monoisotopic (exact) mass is 436 g/mol.